The van der Waals surface area contributed by atoms with Crippen LogP contribution in [0.2, 0.25) is 0 Å². The Hall–Kier alpha value is -4.11. The standard InChI is InChI=1S/C29H23NO2/c1-4-12-22(13-5-1)20-31-28-25-18-10-11-19-26(25)30-29(27(28)24-16-8-3-9-17-24)32-21-23-14-6-2-7-15-23/h1-19H,20-21H2. The number of fused-ring (bicyclic) bond motifs is 1. The number of nitrogens with zero attached hydrogens (tertiary/aromatic N) is 1. The molecule has 156 valence electrons. The molecule has 0 aliphatic heterocycles. The van der Waals surface area contributed by atoms with Gasteiger partial charge < -0.3 is 9.47 Å². The fraction of sp³-hybridized carbons (Fsp3) is 0.0690. The Labute approximate surface area is 187 Å². The van der Waals surface area contributed by atoms with Crippen LogP contribution in [0.1, 0.15) is 11.1 Å². The number of ether oxygens (including phenoxy) is 2. The molecule has 0 fully saturated rings. The van der Waals surface area contributed by atoms with Crippen molar-refractivity contribution in [3.8, 4) is 22.8 Å². The molecule has 5 rings (SSSR count). The lowest BCUT2D eigenvalue weighted by Crippen LogP contribution is -2.04. The number of aromatic nitrogens is 1. The van der Waals surface area contributed by atoms with Crippen molar-refractivity contribution in [3.05, 3.63) is 126 Å². The average Bonchev–Trinajstić information content (AvgIpc) is 2.87. The molecular weight excluding hydrogens is 394 g/mol. The highest BCUT2D eigenvalue weighted by molar-refractivity contribution is 5.94. The molecule has 1 heterocycles. The van der Waals surface area contributed by atoms with Gasteiger partial charge in [-0.05, 0) is 28.8 Å². The highest BCUT2D eigenvalue weighted by Gasteiger charge is 2.20. The summed E-state index contributed by atoms with van der Waals surface area (Å²) >= 11 is 0. The predicted molar refractivity (Wildman–Crippen MR) is 129 cm³/mol. The summed E-state index contributed by atoms with van der Waals surface area (Å²) in [5, 5.41) is 0.967. The molecule has 0 saturated heterocycles. The van der Waals surface area contributed by atoms with Gasteiger partial charge in [-0.25, -0.2) is 4.98 Å². The molecule has 1 aromatic heterocycles. The van der Waals surface area contributed by atoms with Gasteiger partial charge in [-0.3, -0.25) is 0 Å². The van der Waals surface area contributed by atoms with E-state index in [4.69, 9.17) is 14.5 Å². The van der Waals surface area contributed by atoms with Crippen molar-refractivity contribution in [2.24, 2.45) is 0 Å². The van der Waals surface area contributed by atoms with E-state index in [1.165, 1.54) is 0 Å². The Morgan fingerprint density at radius 2 is 1.06 bits per heavy atom. The van der Waals surface area contributed by atoms with Gasteiger partial charge in [0.2, 0.25) is 5.88 Å². The molecule has 0 aliphatic rings. The Morgan fingerprint density at radius 3 is 1.72 bits per heavy atom. The van der Waals surface area contributed by atoms with Gasteiger partial charge in [0, 0.05) is 5.39 Å². The van der Waals surface area contributed by atoms with Crippen LogP contribution in [0.5, 0.6) is 11.6 Å². The second kappa shape index (κ2) is 9.36. The molecule has 3 heteroatoms. The summed E-state index contributed by atoms with van der Waals surface area (Å²) in [5.41, 5.74) is 4.93. The van der Waals surface area contributed by atoms with Crippen molar-refractivity contribution in [1.82, 2.24) is 4.98 Å². The second-order valence-corrected chi connectivity index (χ2v) is 7.55. The van der Waals surface area contributed by atoms with Crippen LogP contribution in [0.15, 0.2) is 115 Å². The van der Waals surface area contributed by atoms with Crippen molar-refractivity contribution in [3.63, 3.8) is 0 Å². The van der Waals surface area contributed by atoms with Gasteiger partial charge in [0.15, 0.2) is 0 Å². The monoisotopic (exact) mass is 417 g/mol. The summed E-state index contributed by atoms with van der Waals surface area (Å²) in [6.45, 7) is 0.900. The van der Waals surface area contributed by atoms with E-state index in [1.807, 2.05) is 72.8 Å². The van der Waals surface area contributed by atoms with Crippen LogP contribution in [-0.2, 0) is 13.2 Å². The quantitative estimate of drug-likeness (QED) is 0.284. The first-order chi connectivity index (χ1) is 15.9. The summed E-state index contributed by atoms with van der Waals surface area (Å²) in [5.74, 6) is 1.36. The molecule has 3 nitrogen and oxygen atoms in total. The molecule has 5 aromatic rings. The molecule has 0 unspecified atom stereocenters. The van der Waals surface area contributed by atoms with Gasteiger partial charge in [-0.1, -0.05) is 103 Å². The van der Waals surface area contributed by atoms with Crippen LogP contribution in [0.4, 0.5) is 0 Å². The lowest BCUT2D eigenvalue weighted by molar-refractivity contribution is 0.287. The maximum atomic E-state index is 6.46. The Kier molecular flexibility index (Phi) is 5.80. The molecule has 0 N–H and O–H groups in total. The molecule has 0 amide bonds. The zero-order valence-corrected chi connectivity index (χ0v) is 17.6. The number of rotatable bonds is 7. The van der Waals surface area contributed by atoms with Crippen molar-refractivity contribution < 1.29 is 9.47 Å². The normalized spacial score (nSPS) is 10.8. The van der Waals surface area contributed by atoms with Crippen molar-refractivity contribution in [2.75, 3.05) is 0 Å². The Balaban J connectivity index is 1.62. The maximum Gasteiger partial charge on any atom is 0.226 e. The molecule has 0 aliphatic carbocycles. The fourth-order valence-corrected chi connectivity index (χ4v) is 3.73. The molecule has 0 radical (unpaired) electrons. The summed E-state index contributed by atoms with van der Waals surface area (Å²) in [4.78, 5) is 4.88. The Morgan fingerprint density at radius 1 is 0.531 bits per heavy atom. The predicted octanol–water partition coefficient (Wildman–Crippen LogP) is 7.06. The first-order valence-corrected chi connectivity index (χ1v) is 10.7. The van der Waals surface area contributed by atoms with Gasteiger partial charge in [0.25, 0.3) is 0 Å². The molecule has 0 atom stereocenters. The van der Waals surface area contributed by atoms with Crippen molar-refractivity contribution in [2.45, 2.75) is 13.2 Å². The van der Waals surface area contributed by atoms with Gasteiger partial charge in [0.05, 0.1) is 11.1 Å². The summed E-state index contributed by atoms with van der Waals surface area (Å²) in [6, 6.07) is 38.5. The summed E-state index contributed by atoms with van der Waals surface area (Å²) in [6.07, 6.45) is 0. The largest absolute Gasteiger partial charge is 0.487 e. The van der Waals surface area contributed by atoms with E-state index in [1.54, 1.807) is 0 Å². The van der Waals surface area contributed by atoms with E-state index in [9.17, 15) is 0 Å². The highest BCUT2D eigenvalue weighted by Crippen LogP contribution is 2.42. The molecule has 0 spiro atoms. The maximum absolute atomic E-state index is 6.46. The highest BCUT2D eigenvalue weighted by atomic mass is 16.5. The fourth-order valence-electron chi connectivity index (χ4n) is 3.73. The van der Waals surface area contributed by atoms with Crippen LogP contribution in [-0.4, -0.2) is 4.98 Å². The van der Waals surface area contributed by atoms with Gasteiger partial charge in [-0.2, -0.15) is 0 Å². The zero-order chi connectivity index (χ0) is 21.6. The van der Waals surface area contributed by atoms with Gasteiger partial charge in [-0.15, -0.1) is 0 Å². The third-order valence-electron chi connectivity index (χ3n) is 5.32. The molecule has 0 saturated carbocycles. The first-order valence-electron chi connectivity index (χ1n) is 10.7. The van der Waals surface area contributed by atoms with Crippen LogP contribution >= 0.6 is 0 Å². The van der Waals surface area contributed by atoms with E-state index < -0.39 is 0 Å². The van der Waals surface area contributed by atoms with Gasteiger partial charge in [0.1, 0.15) is 19.0 Å². The lowest BCUT2D eigenvalue weighted by atomic mass is 10.0. The smallest absolute Gasteiger partial charge is 0.226 e. The van der Waals surface area contributed by atoms with Crippen molar-refractivity contribution in [1.29, 1.82) is 0 Å². The van der Waals surface area contributed by atoms with E-state index in [0.29, 0.717) is 19.1 Å². The SMILES string of the molecule is c1ccc(COc2nc3ccccc3c(OCc3ccccc3)c2-c2ccccc2)cc1. The third-order valence-corrected chi connectivity index (χ3v) is 5.32. The summed E-state index contributed by atoms with van der Waals surface area (Å²) in [7, 11) is 0. The number of para-hydroxylation sites is 1. The topological polar surface area (TPSA) is 31.4 Å². The van der Waals surface area contributed by atoms with E-state index in [-0.39, 0.29) is 0 Å². The van der Waals surface area contributed by atoms with Crippen LogP contribution in [0.25, 0.3) is 22.0 Å². The van der Waals surface area contributed by atoms with Gasteiger partial charge >= 0.3 is 0 Å². The van der Waals surface area contributed by atoms with Crippen LogP contribution in [0, 0.1) is 0 Å². The second-order valence-electron chi connectivity index (χ2n) is 7.55. The number of pyridine rings is 1. The van der Waals surface area contributed by atoms with Crippen LogP contribution in [0.3, 0.4) is 0 Å². The molecular formula is C29H23NO2. The average molecular weight is 418 g/mol. The number of benzene rings is 4. The number of hydrogen-bond donors (Lipinski definition) is 0. The Bertz CT molecular complexity index is 1300. The molecule has 32 heavy (non-hydrogen) atoms. The minimum atomic E-state index is 0.435. The molecule has 4 aromatic carbocycles. The number of hydrogen-bond acceptors (Lipinski definition) is 3. The lowest BCUT2D eigenvalue weighted by Gasteiger charge is -2.18. The molecule has 0 bridgehead atoms. The van der Waals surface area contributed by atoms with Crippen LogP contribution < -0.4 is 9.47 Å². The summed E-state index contributed by atoms with van der Waals surface area (Å²) < 4.78 is 12.8. The minimum absolute atomic E-state index is 0.435. The zero-order valence-electron chi connectivity index (χ0n) is 17.6. The van der Waals surface area contributed by atoms with E-state index >= 15 is 0 Å². The van der Waals surface area contributed by atoms with Crippen molar-refractivity contribution >= 4 is 10.9 Å². The minimum Gasteiger partial charge on any atom is -0.487 e. The first kappa shape index (κ1) is 19.8. The van der Waals surface area contributed by atoms with E-state index in [0.717, 1.165) is 38.9 Å². The third kappa shape index (κ3) is 4.33. The van der Waals surface area contributed by atoms with E-state index in [2.05, 4.69) is 42.5 Å².